The second kappa shape index (κ2) is 12.2. The van der Waals surface area contributed by atoms with Crippen LogP contribution in [0.2, 0.25) is 0 Å². The summed E-state index contributed by atoms with van der Waals surface area (Å²) in [6.45, 7) is 7.95. The fraction of sp³-hybridized carbons (Fsp3) is 0.483. The zero-order valence-corrected chi connectivity index (χ0v) is 21.5. The Morgan fingerprint density at radius 3 is 2.42 bits per heavy atom. The molecule has 0 saturated carbocycles. The van der Waals surface area contributed by atoms with Gasteiger partial charge in [0.15, 0.2) is 11.6 Å². The van der Waals surface area contributed by atoms with Crippen molar-refractivity contribution in [3.8, 4) is 0 Å². The molecule has 2 fully saturated rings. The smallest absolute Gasteiger partial charge is 0.156 e. The van der Waals surface area contributed by atoms with Crippen LogP contribution in [-0.2, 0) is 0 Å². The minimum absolute atomic E-state index is 0.703. The van der Waals surface area contributed by atoms with Crippen LogP contribution in [0.4, 0.5) is 17.5 Å². The average Bonchev–Trinajstić information content (AvgIpc) is 3.14. The number of aromatic nitrogens is 4. The third-order valence-corrected chi connectivity index (χ3v) is 7.41. The summed E-state index contributed by atoms with van der Waals surface area (Å²) in [6, 6.07) is 14.3. The van der Waals surface area contributed by atoms with Gasteiger partial charge in [-0.3, -0.25) is 5.10 Å². The van der Waals surface area contributed by atoms with Gasteiger partial charge in [-0.1, -0.05) is 49.2 Å². The van der Waals surface area contributed by atoms with Crippen LogP contribution >= 0.6 is 0 Å². The van der Waals surface area contributed by atoms with Gasteiger partial charge in [-0.05, 0) is 76.2 Å². The number of nitrogens with one attached hydrogen (secondary N) is 2. The van der Waals surface area contributed by atoms with Gasteiger partial charge in [0.25, 0.3) is 0 Å². The number of piperidine rings is 1. The fourth-order valence-corrected chi connectivity index (χ4v) is 5.28. The number of anilines is 3. The van der Waals surface area contributed by atoms with Gasteiger partial charge in [0.05, 0.1) is 0 Å². The van der Waals surface area contributed by atoms with E-state index >= 15 is 0 Å². The van der Waals surface area contributed by atoms with Crippen LogP contribution in [0.3, 0.4) is 0 Å². The summed E-state index contributed by atoms with van der Waals surface area (Å²) in [5, 5.41) is 10.7. The van der Waals surface area contributed by atoms with Gasteiger partial charge >= 0.3 is 0 Å². The van der Waals surface area contributed by atoms with Crippen molar-refractivity contribution in [3.63, 3.8) is 0 Å². The Bertz CT molecular complexity index is 1110. The molecule has 0 unspecified atom stereocenters. The lowest BCUT2D eigenvalue weighted by Crippen LogP contribution is -2.36. The molecule has 190 valence electrons. The van der Waals surface area contributed by atoms with E-state index in [1.54, 1.807) is 0 Å². The zero-order valence-electron chi connectivity index (χ0n) is 21.5. The molecule has 0 radical (unpaired) electrons. The van der Waals surface area contributed by atoms with Crippen molar-refractivity contribution in [2.45, 2.75) is 51.9 Å². The number of hydrogen-bond donors (Lipinski definition) is 2. The van der Waals surface area contributed by atoms with Gasteiger partial charge in [-0.25, -0.2) is 9.97 Å². The first-order chi connectivity index (χ1) is 17.7. The number of nitrogens with zero attached hydrogens (tertiary/aromatic N) is 5. The summed E-state index contributed by atoms with van der Waals surface area (Å²) >= 11 is 0. The summed E-state index contributed by atoms with van der Waals surface area (Å²) in [4.78, 5) is 14.8. The maximum Gasteiger partial charge on any atom is 0.156 e. The van der Waals surface area contributed by atoms with E-state index in [2.05, 4.69) is 49.6 Å². The number of aromatic amines is 1. The Hall–Kier alpha value is -3.19. The van der Waals surface area contributed by atoms with Gasteiger partial charge < -0.3 is 15.1 Å². The van der Waals surface area contributed by atoms with E-state index in [1.165, 1.54) is 64.6 Å². The van der Waals surface area contributed by atoms with Crippen LogP contribution in [-0.4, -0.2) is 57.8 Å². The number of hydrogen-bond acceptors (Lipinski definition) is 6. The van der Waals surface area contributed by atoms with Crippen molar-refractivity contribution in [2.75, 3.05) is 42.9 Å². The molecule has 0 amide bonds. The number of benzene rings is 1. The summed E-state index contributed by atoms with van der Waals surface area (Å²) in [7, 11) is 0. The quantitative estimate of drug-likeness (QED) is 0.414. The Balaban J connectivity index is 1.25. The molecule has 0 aliphatic carbocycles. The second-order valence-corrected chi connectivity index (χ2v) is 10.2. The molecule has 5 rings (SSSR count). The van der Waals surface area contributed by atoms with Crippen molar-refractivity contribution in [3.05, 3.63) is 59.5 Å². The lowest BCUT2D eigenvalue weighted by Gasteiger charge is -2.34. The van der Waals surface area contributed by atoms with E-state index in [0.29, 0.717) is 5.82 Å². The molecule has 0 spiro atoms. The highest BCUT2D eigenvalue weighted by atomic mass is 15.2. The molecule has 36 heavy (non-hydrogen) atoms. The third kappa shape index (κ3) is 6.94. The highest BCUT2D eigenvalue weighted by Crippen LogP contribution is 2.27. The maximum atomic E-state index is 4.93. The van der Waals surface area contributed by atoms with Crippen molar-refractivity contribution >= 4 is 29.6 Å². The molecule has 2 aliphatic rings. The molecule has 2 N–H and O–H groups in total. The summed E-state index contributed by atoms with van der Waals surface area (Å²) in [6.07, 6.45) is 13.4. The lowest BCUT2D eigenvalue weighted by molar-refractivity contribution is 0.246. The first kappa shape index (κ1) is 24.5. The third-order valence-electron chi connectivity index (χ3n) is 7.41. The van der Waals surface area contributed by atoms with E-state index < -0.39 is 0 Å². The monoisotopic (exact) mass is 485 g/mol. The Labute approximate surface area is 215 Å². The molecule has 3 aromatic rings. The van der Waals surface area contributed by atoms with E-state index in [-0.39, 0.29) is 0 Å². The van der Waals surface area contributed by atoms with Gasteiger partial charge in [0.1, 0.15) is 11.6 Å². The van der Waals surface area contributed by atoms with Crippen LogP contribution in [0.1, 0.15) is 62.0 Å². The van der Waals surface area contributed by atoms with Crippen molar-refractivity contribution < 1.29 is 0 Å². The van der Waals surface area contributed by atoms with Crippen molar-refractivity contribution in [1.29, 1.82) is 0 Å². The van der Waals surface area contributed by atoms with Crippen LogP contribution in [0.5, 0.6) is 0 Å². The Morgan fingerprint density at radius 2 is 1.69 bits per heavy atom. The van der Waals surface area contributed by atoms with Gasteiger partial charge in [0.2, 0.25) is 0 Å². The molecule has 2 saturated heterocycles. The second-order valence-electron chi connectivity index (χ2n) is 10.2. The van der Waals surface area contributed by atoms with Gasteiger partial charge in [0, 0.05) is 30.9 Å². The normalized spacial score (nSPS) is 18.0. The van der Waals surface area contributed by atoms with E-state index in [9.17, 15) is 0 Å². The van der Waals surface area contributed by atoms with Crippen LogP contribution < -0.4 is 10.2 Å². The summed E-state index contributed by atoms with van der Waals surface area (Å²) in [5.74, 6) is 4.03. The van der Waals surface area contributed by atoms with E-state index in [0.717, 1.165) is 47.7 Å². The predicted octanol–water partition coefficient (Wildman–Crippen LogP) is 5.90. The van der Waals surface area contributed by atoms with Gasteiger partial charge in [-0.2, -0.15) is 5.10 Å². The molecule has 1 aromatic carbocycles. The number of H-pyrrole nitrogens is 1. The average molecular weight is 486 g/mol. The van der Waals surface area contributed by atoms with E-state index in [1.807, 2.05) is 37.3 Å². The summed E-state index contributed by atoms with van der Waals surface area (Å²) in [5.41, 5.74) is 2.15. The number of likely N-dealkylation sites (tertiary alicyclic amines) is 1. The molecule has 4 heterocycles. The highest BCUT2D eigenvalue weighted by Gasteiger charge is 2.22. The topological polar surface area (TPSA) is 73.0 Å². The summed E-state index contributed by atoms with van der Waals surface area (Å²) < 4.78 is 0. The van der Waals surface area contributed by atoms with Crippen LogP contribution in [0.15, 0.2) is 42.5 Å². The predicted molar refractivity (Wildman–Crippen MR) is 148 cm³/mol. The molecule has 0 atom stereocenters. The van der Waals surface area contributed by atoms with E-state index in [4.69, 9.17) is 9.97 Å². The molecular weight excluding hydrogens is 446 g/mol. The minimum atomic E-state index is 0.703. The first-order valence-corrected chi connectivity index (χ1v) is 13.6. The largest absolute Gasteiger partial charge is 0.356 e. The zero-order chi connectivity index (χ0) is 24.6. The minimum Gasteiger partial charge on any atom is -0.356 e. The van der Waals surface area contributed by atoms with Crippen molar-refractivity contribution in [1.82, 2.24) is 25.1 Å². The standard InChI is InChI=1S/C29H39N7/c1-23-21-28(34-33-23)31-27-22-29(32-26(30-27)12-11-24-9-5-4-6-10-24)36-19-14-25(15-20-36)13-18-35-16-7-2-3-8-17-35/h4-6,9-12,21-22,25H,2-3,7-8,13-20H2,1H3,(H2,30,31,32,33,34)/b12-11+. The molecular formula is C29H39N7. The van der Waals surface area contributed by atoms with Crippen LogP contribution in [0, 0.1) is 12.8 Å². The molecule has 2 aromatic heterocycles. The number of aryl methyl sites for hydroxylation is 1. The number of rotatable bonds is 8. The Kier molecular flexibility index (Phi) is 8.28. The fourth-order valence-electron chi connectivity index (χ4n) is 5.28. The van der Waals surface area contributed by atoms with Crippen molar-refractivity contribution in [2.24, 2.45) is 5.92 Å². The van der Waals surface area contributed by atoms with Gasteiger partial charge in [-0.15, -0.1) is 0 Å². The molecule has 7 heteroatoms. The van der Waals surface area contributed by atoms with Crippen LogP contribution in [0.25, 0.3) is 12.2 Å². The first-order valence-electron chi connectivity index (χ1n) is 13.6. The Morgan fingerprint density at radius 1 is 0.917 bits per heavy atom. The molecule has 7 nitrogen and oxygen atoms in total. The molecule has 2 aliphatic heterocycles. The lowest BCUT2D eigenvalue weighted by atomic mass is 9.93. The highest BCUT2D eigenvalue weighted by molar-refractivity contribution is 5.69. The molecule has 0 bridgehead atoms. The SMILES string of the molecule is Cc1cc(Nc2cc(N3CCC(CCN4CCCCCC4)CC3)nc(/C=C/c3ccccc3)n2)n[nH]1. The maximum absolute atomic E-state index is 4.93.